The molecule has 0 unspecified atom stereocenters. The van der Waals surface area contributed by atoms with Crippen molar-refractivity contribution in [3.8, 4) is 11.6 Å². The fourth-order valence-corrected chi connectivity index (χ4v) is 1.47. The number of benzene rings is 1. The molecule has 0 bridgehead atoms. The van der Waals surface area contributed by atoms with Gasteiger partial charge in [0, 0.05) is 0 Å². The van der Waals surface area contributed by atoms with Gasteiger partial charge in [-0.3, -0.25) is 5.10 Å². The summed E-state index contributed by atoms with van der Waals surface area (Å²) in [5.41, 5.74) is 6.64. The summed E-state index contributed by atoms with van der Waals surface area (Å²) in [6.45, 7) is 0. The molecule has 0 fully saturated rings. The first-order chi connectivity index (χ1) is 7.72. The SMILES string of the molecule is Nc1n[nH]c(-c2nc3ccc(F)cc3[nH]2)n1. The van der Waals surface area contributed by atoms with Crippen molar-refractivity contribution in [2.24, 2.45) is 0 Å². The second kappa shape index (κ2) is 3.02. The zero-order valence-electron chi connectivity index (χ0n) is 8.03. The fourth-order valence-electron chi connectivity index (χ4n) is 1.47. The lowest BCUT2D eigenvalue weighted by Crippen LogP contribution is -1.86. The molecular weight excluding hydrogens is 211 g/mol. The van der Waals surface area contributed by atoms with Gasteiger partial charge < -0.3 is 10.7 Å². The van der Waals surface area contributed by atoms with Gasteiger partial charge in [0.25, 0.3) is 0 Å². The Kier molecular flexibility index (Phi) is 1.67. The number of nitrogens with zero attached hydrogens (tertiary/aromatic N) is 3. The maximum atomic E-state index is 12.9. The highest BCUT2D eigenvalue weighted by Gasteiger charge is 2.09. The Labute approximate surface area is 88.7 Å². The monoisotopic (exact) mass is 218 g/mol. The number of rotatable bonds is 1. The van der Waals surface area contributed by atoms with E-state index in [0.717, 1.165) is 0 Å². The minimum atomic E-state index is -0.320. The van der Waals surface area contributed by atoms with E-state index in [2.05, 4.69) is 25.1 Å². The van der Waals surface area contributed by atoms with E-state index in [4.69, 9.17) is 5.73 Å². The quantitative estimate of drug-likeness (QED) is 0.569. The molecule has 0 radical (unpaired) electrons. The minimum absolute atomic E-state index is 0.140. The van der Waals surface area contributed by atoms with Crippen LogP contribution in [0.15, 0.2) is 18.2 Å². The molecule has 0 atom stereocenters. The van der Waals surface area contributed by atoms with E-state index in [1.165, 1.54) is 12.1 Å². The molecular formula is C9H7FN6. The first kappa shape index (κ1) is 8.84. The van der Waals surface area contributed by atoms with Crippen LogP contribution in [0.1, 0.15) is 0 Å². The van der Waals surface area contributed by atoms with Gasteiger partial charge in [-0.15, -0.1) is 5.10 Å². The maximum absolute atomic E-state index is 12.9. The number of fused-ring (bicyclic) bond motifs is 1. The standard InChI is InChI=1S/C9H7FN6/c10-4-1-2-5-6(3-4)13-7(12-5)8-14-9(11)16-15-8/h1-3H,(H,12,13)(H3,11,14,15,16). The first-order valence-corrected chi connectivity index (χ1v) is 4.56. The molecule has 2 heterocycles. The smallest absolute Gasteiger partial charge is 0.239 e. The number of aromatic nitrogens is 5. The number of H-pyrrole nitrogens is 2. The molecule has 4 N–H and O–H groups in total. The van der Waals surface area contributed by atoms with Crippen LogP contribution >= 0.6 is 0 Å². The van der Waals surface area contributed by atoms with Crippen LogP contribution in [-0.4, -0.2) is 25.1 Å². The van der Waals surface area contributed by atoms with Gasteiger partial charge in [-0.05, 0) is 18.2 Å². The summed E-state index contributed by atoms with van der Waals surface area (Å²) in [6.07, 6.45) is 0. The normalized spacial score (nSPS) is 11.1. The number of imidazole rings is 1. The largest absolute Gasteiger partial charge is 0.366 e. The van der Waals surface area contributed by atoms with E-state index in [-0.39, 0.29) is 11.8 Å². The lowest BCUT2D eigenvalue weighted by atomic mass is 10.3. The van der Waals surface area contributed by atoms with Gasteiger partial charge >= 0.3 is 0 Å². The molecule has 0 aliphatic heterocycles. The van der Waals surface area contributed by atoms with Crippen molar-refractivity contribution in [3.63, 3.8) is 0 Å². The van der Waals surface area contributed by atoms with Crippen molar-refractivity contribution in [2.45, 2.75) is 0 Å². The number of hydrogen-bond acceptors (Lipinski definition) is 4. The predicted molar refractivity (Wildman–Crippen MR) is 55.8 cm³/mol. The molecule has 16 heavy (non-hydrogen) atoms. The summed E-state index contributed by atoms with van der Waals surface area (Å²) in [5.74, 6) is 0.723. The van der Waals surface area contributed by atoms with Gasteiger partial charge in [-0.25, -0.2) is 9.37 Å². The molecule has 0 saturated heterocycles. The third-order valence-corrected chi connectivity index (χ3v) is 2.17. The number of nitrogen functional groups attached to an aromatic ring is 1. The molecule has 0 saturated carbocycles. The molecule has 1 aromatic carbocycles. The van der Waals surface area contributed by atoms with Crippen molar-refractivity contribution in [1.29, 1.82) is 0 Å². The highest BCUT2D eigenvalue weighted by molar-refractivity contribution is 5.78. The second-order valence-corrected chi connectivity index (χ2v) is 3.29. The minimum Gasteiger partial charge on any atom is -0.366 e. The Balaban J connectivity index is 2.18. The van der Waals surface area contributed by atoms with E-state index in [0.29, 0.717) is 22.7 Å². The molecule has 80 valence electrons. The van der Waals surface area contributed by atoms with E-state index in [9.17, 15) is 4.39 Å². The molecule has 0 aliphatic carbocycles. The van der Waals surface area contributed by atoms with Crippen LogP contribution in [0.3, 0.4) is 0 Å². The van der Waals surface area contributed by atoms with E-state index < -0.39 is 0 Å². The van der Waals surface area contributed by atoms with Crippen molar-refractivity contribution in [2.75, 3.05) is 5.73 Å². The number of hydrogen-bond donors (Lipinski definition) is 3. The average molecular weight is 218 g/mol. The third kappa shape index (κ3) is 1.29. The maximum Gasteiger partial charge on any atom is 0.239 e. The molecule has 0 amide bonds. The number of nitrogens with one attached hydrogen (secondary N) is 2. The number of aromatic amines is 2. The highest BCUT2D eigenvalue weighted by Crippen LogP contribution is 2.18. The van der Waals surface area contributed by atoms with Crippen molar-refractivity contribution < 1.29 is 4.39 Å². The van der Waals surface area contributed by atoms with Gasteiger partial charge in [-0.2, -0.15) is 4.98 Å². The van der Waals surface area contributed by atoms with Crippen LogP contribution in [-0.2, 0) is 0 Å². The number of halogens is 1. The second-order valence-electron chi connectivity index (χ2n) is 3.29. The molecule has 6 nitrogen and oxygen atoms in total. The third-order valence-electron chi connectivity index (χ3n) is 2.17. The van der Waals surface area contributed by atoms with Gasteiger partial charge in [0.1, 0.15) is 5.82 Å². The Morgan fingerprint density at radius 2 is 2.06 bits per heavy atom. The van der Waals surface area contributed by atoms with Gasteiger partial charge in [0.05, 0.1) is 11.0 Å². The Morgan fingerprint density at radius 1 is 1.19 bits per heavy atom. The Bertz CT molecular complexity index is 655. The lowest BCUT2D eigenvalue weighted by Gasteiger charge is -1.86. The summed E-state index contributed by atoms with van der Waals surface area (Å²) in [6, 6.07) is 4.30. The fraction of sp³-hybridized carbons (Fsp3) is 0. The summed E-state index contributed by atoms with van der Waals surface area (Å²) >= 11 is 0. The summed E-state index contributed by atoms with van der Waals surface area (Å²) in [7, 11) is 0. The van der Waals surface area contributed by atoms with Crippen LogP contribution in [0.5, 0.6) is 0 Å². The van der Waals surface area contributed by atoms with Gasteiger partial charge in [0.15, 0.2) is 11.6 Å². The van der Waals surface area contributed by atoms with E-state index in [1.807, 2.05) is 0 Å². The molecule has 7 heteroatoms. The summed E-state index contributed by atoms with van der Waals surface area (Å²) < 4.78 is 12.9. The van der Waals surface area contributed by atoms with Crippen molar-refractivity contribution in [1.82, 2.24) is 25.1 Å². The average Bonchev–Trinajstić information content (AvgIpc) is 2.83. The number of nitrogens with two attached hydrogens (primary N) is 1. The van der Waals surface area contributed by atoms with E-state index >= 15 is 0 Å². The lowest BCUT2D eigenvalue weighted by molar-refractivity contribution is 0.629. The summed E-state index contributed by atoms with van der Waals surface area (Å²) in [5, 5.41) is 6.31. The Hall–Kier alpha value is -2.44. The van der Waals surface area contributed by atoms with Gasteiger partial charge in [-0.1, -0.05) is 0 Å². The first-order valence-electron chi connectivity index (χ1n) is 4.56. The zero-order valence-corrected chi connectivity index (χ0v) is 8.03. The molecule has 0 aliphatic rings. The van der Waals surface area contributed by atoms with Crippen molar-refractivity contribution in [3.05, 3.63) is 24.0 Å². The van der Waals surface area contributed by atoms with Gasteiger partial charge in [0.2, 0.25) is 5.95 Å². The Morgan fingerprint density at radius 3 is 2.81 bits per heavy atom. The molecule has 2 aromatic heterocycles. The summed E-state index contributed by atoms with van der Waals surface area (Å²) in [4.78, 5) is 11.1. The van der Waals surface area contributed by atoms with Crippen molar-refractivity contribution >= 4 is 17.0 Å². The zero-order chi connectivity index (χ0) is 11.1. The van der Waals surface area contributed by atoms with E-state index in [1.54, 1.807) is 6.07 Å². The molecule has 3 rings (SSSR count). The van der Waals surface area contributed by atoms with Crippen LogP contribution in [0.2, 0.25) is 0 Å². The molecule has 3 aromatic rings. The predicted octanol–water partition coefficient (Wildman–Crippen LogP) is 1.07. The van der Waals surface area contributed by atoms with Crippen LogP contribution in [0.4, 0.5) is 10.3 Å². The number of anilines is 1. The molecule has 0 spiro atoms. The topological polar surface area (TPSA) is 96.3 Å². The van der Waals surface area contributed by atoms with Crippen LogP contribution < -0.4 is 5.73 Å². The van der Waals surface area contributed by atoms with Crippen LogP contribution in [0.25, 0.3) is 22.7 Å². The van der Waals surface area contributed by atoms with Crippen LogP contribution in [0, 0.1) is 5.82 Å². The highest BCUT2D eigenvalue weighted by atomic mass is 19.1.